The van der Waals surface area contributed by atoms with Crippen LogP contribution in [0.1, 0.15) is 47.5 Å². The lowest BCUT2D eigenvalue weighted by Gasteiger charge is -2.26. The summed E-state index contributed by atoms with van der Waals surface area (Å²) in [5.41, 5.74) is 4.68. The number of primary amides is 1. The lowest BCUT2D eigenvalue weighted by Crippen LogP contribution is -2.42. The molecular weight excluding hydrogens is 274 g/mol. The highest BCUT2D eigenvalue weighted by atomic mass is 16.4. The maximum Gasteiger partial charge on any atom is 0.311 e. The monoisotopic (exact) mass is 295 g/mol. The number of carbonyl (C=O) groups is 3. The third-order valence-electron chi connectivity index (χ3n) is 3.92. The molecule has 0 bridgehead atoms. The summed E-state index contributed by atoms with van der Waals surface area (Å²) in [5, 5.41) is 11.9. The average molecular weight is 295 g/mol. The molecule has 0 aliphatic heterocycles. The van der Waals surface area contributed by atoms with Crippen LogP contribution in [0.3, 0.4) is 0 Å². The van der Waals surface area contributed by atoms with Crippen LogP contribution < -0.4 is 11.1 Å². The maximum absolute atomic E-state index is 12.1. The highest BCUT2D eigenvalue weighted by molar-refractivity contribution is 5.98. The summed E-state index contributed by atoms with van der Waals surface area (Å²) in [4.78, 5) is 34.6. The van der Waals surface area contributed by atoms with Crippen LogP contribution in [0.25, 0.3) is 0 Å². The molecule has 0 aromatic carbocycles. The highest BCUT2D eigenvalue weighted by Crippen LogP contribution is 2.25. The topological polar surface area (TPSA) is 114 Å². The first-order chi connectivity index (χ1) is 9.77. The average Bonchev–Trinajstić information content (AvgIpc) is 2.82. The second-order valence-electron chi connectivity index (χ2n) is 5.06. The van der Waals surface area contributed by atoms with Crippen molar-refractivity contribution in [3.05, 3.63) is 23.5 Å². The predicted octanol–water partition coefficient (Wildman–Crippen LogP) is 0.745. The second-order valence-corrected chi connectivity index (χ2v) is 5.06. The van der Waals surface area contributed by atoms with Crippen molar-refractivity contribution in [2.45, 2.75) is 26.7 Å². The van der Waals surface area contributed by atoms with Gasteiger partial charge in [-0.15, -0.1) is 0 Å². The molecule has 0 fully saturated rings. The number of carboxylic acid groups (broad SMARTS) is 1. The van der Waals surface area contributed by atoms with E-state index in [-0.39, 0.29) is 17.8 Å². The Labute approximate surface area is 123 Å². The number of hydrogen-bond donors (Lipinski definition) is 3. The number of aliphatic carboxylic acids is 1. The number of nitrogens with zero attached hydrogens (tertiary/aromatic N) is 1. The SMILES string of the molecule is CCC(CC)(CNC(=O)c1cc(C(N)=O)cn1C)C(=O)O. The van der Waals surface area contributed by atoms with E-state index in [0.29, 0.717) is 12.8 Å². The van der Waals surface area contributed by atoms with Gasteiger partial charge < -0.3 is 20.7 Å². The van der Waals surface area contributed by atoms with Gasteiger partial charge in [0.15, 0.2) is 0 Å². The van der Waals surface area contributed by atoms with Gasteiger partial charge in [-0.05, 0) is 18.9 Å². The van der Waals surface area contributed by atoms with Crippen molar-refractivity contribution in [1.29, 1.82) is 0 Å². The van der Waals surface area contributed by atoms with E-state index in [1.165, 1.54) is 16.8 Å². The van der Waals surface area contributed by atoms with Crippen LogP contribution in [-0.2, 0) is 11.8 Å². The molecule has 2 amide bonds. The fraction of sp³-hybridized carbons (Fsp3) is 0.500. The summed E-state index contributed by atoms with van der Waals surface area (Å²) in [6, 6.07) is 1.39. The number of rotatable bonds is 7. The highest BCUT2D eigenvalue weighted by Gasteiger charge is 2.35. The lowest BCUT2D eigenvalue weighted by molar-refractivity contribution is -0.149. The normalized spacial score (nSPS) is 11.2. The number of aryl methyl sites for hydroxylation is 1. The van der Waals surface area contributed by atoms with Crippen LogP contribution in [0.4, 0.5) is 0 Å². The molecule has 0 aliphatic carbocycles. The summed E-state index contributed by atoms with van der Waals surface area (Å²) < 4.78 is 1.48. The van der Waals surface area contributed by atoms with Crippen molar-refractivity contribution < 1.29 is 19.5 Å². The summed E-state index contributed by atoms with van der Waals surface area (Å²) in [7, 11) is 1.62. The number of hydrogen-bond acceptors (Lipinski definition) is 3. The first-order valence-corrected chi connectivity index (χ1v) is 6.75. The van der Waals surface area contributed by atoms with Gasteiger partial charge in [0.05, 0.1) is 11.0 Å². The zero-order valence-electron chi connectivity index (χ0n) is 12.5. The molecule has 0 unspecified atom stereocenters. The molecule has 0 radical (unpaired) electrons. The molecule has 0 atom stereocenters. The minimum absolute atomic E-state index is 0.0330. The van der Waals surface area contributed by atoms with Crippen LogP contribution >= 0.6 is 0 Å². The predicted molar refractivity (Wildman–Crippen MR) is 76.9 cm³/mol. The van der Waals surface area contributed by atoms with Crippen LogP contribution in [0.5, 0.6) is 0 Å². The molecule has 1 rings (SSSR count). The van der Waals surface area contributed by atoms with E-state index in [1.807, 2.05) is 0 Å². The smallest absolute Gasteiger partial charge is 0.311 e. The third kappa shape index (κ3) is 3.42. The van der Waals surface area contributed by atoms with Gasteiger partial charge in [-0.3, -0.25) is 14.4 Å². The number of aromatic nitrogens is 1. The van der Waals surface area contributed by atoms with Gasteiger partial charge in [-0.1, -0.05) is 13.8 Å². The van der Waals surface area contributed by atoms with Gasteiger partial charge in [-0.2, -0.15) is 0 Å². The zero-order chi connectivity index (χ0) is 16.2. The Hall–Kier alpha value is -2.31. The molecule has 116 valence electrons. The zero-order valence-corrected chi connectivity index (χ0v) is 12.5. The van der Waals surface area contributed by atoms with E-state index >= 15 is 0 Å². The quantitative estimate of drug-likeness (QED) is 0.688. The molecule has 0 saturated heterocycles. The number of carboxylic acids is 1. The number of amides is 2. The van der Waals surface area contributed by atoms with Crippen molar-refractivity contribution in [3.63, 3.8) is 0 Å². The van der Waals surface area contributed by atoms with E-state index in [0.717, 1.165) is 0 Å². The Bertz CT molecular complexity index is 559. The van der Waals surface area contributed by atoms with Crippen molar-refractivity contribution in [2.75, 3.05) is 6.54 Å². The Morgan fingerprint density at radius 2 is 1.90 bits per heavy atom. The Balaban J connectivity index is 2.87. The molecule has 1 heterocycles. The number of nitrogens with two attached hydrogens (primary N) is 1. The van der Waals surface area contributed by atoms with Crippen molar-refractivity contribution in [2.24, 2.45) is 18.2 Å². The van der Waals surface area contributed by atoms with E-state index in [4.69, 9.17) is 5.73 Å². The molecule has 7 nitrogen and oxygen atoms in total. The van der Waals surface area contributed by atoms with Crippen LogP contribution in [0.2, 0.25) is 0 Å². The fourth-order valence-electron chi connectivity index (χ4n) is 2.14. The van der Waals surface area contributed by atoms with Crippen molar-refractivity contribution in [1.82, 2.24) is 9.88 Å². The van der Waals surface area contributed by atoms with Crippen LogP contribution in [0, 0.1) is 5.41 Å². The Morgan fingerprint density at radius 1 is 1.33 bits per heavy atom. The third-order valence-corrected chi connectivity index (χ3v) is 3.92. The summed E-state index contributed by atoms with van der Waals surface area (Å²) in [6.45, 7) is 3.58. The first-order valence-electron chi connectivity index (χ1n) is 6.75. The largest absolute Gasteiger partial charge is 0.481 e. The molecule has 0 spiro atoms. The Morgan fingerprint density at radius 3 is 2.29 bits per heavy atom. The molecule has 1 aromatic heterocycles. The van der Waals surface area contributed by atoms with E-state index in [2.05, 4.69) is 5.32 Å². The van der Waals surface area contributed by atoms with Gasteiger partial charge in [0.1, 0.15) is 5.69 Å². The van der Waals surface area contributed by atoms with Gasteiger partial charge in [0.2, 0.25) is 5.91 Å². The van der Waals surface area contributed by atoms with E-state index in [9.17, 15) is 19.5 Å². The molecule has 1 aromatic rings. The summed E-state index contributed by atoms with van der Waals surface area (Å²) in [5.74, 6) is -1.98. The minimum atomic E-state index is -0.979. The number of nitrogens with one attached hydrogen (secondary N) is 1. The summed E-state index contributed by atoms with van der Waals surface area (Å²) >= 11 is 0. The van der Waals surface area contributed by atoms with Gasteiger partial charge in [0.25, 0.3) is 5.91 Å². The van der Waals surface area contributed by atoms with E-state index < -0.39 is 23.2 Å². The van der Waals surface area contributed by atoms with Crippen LogP contribution in [-0.4, -0.2) is 34.0 Å². The van der Waals surface area contributed by atoms with Gasteiger partial charge >= 0.3 is 5.97 Å². The first kappa shape index (κ1) is 16.7. The summed E-state index contributed by atoms with van der Waals surface area (Å²) in [6.07, 6.45) is 2.29. The Kier molecular flexibility index (Phi) is 5.12. The van der Waals surface area contributed by atoms with Gasteiger partial charge in [0, 0.05) is 19.8 Å². The standard InChI is InChI=1S/C14H21N3O4/c1-4-14(5-2,13(20)21)8-16-12(19)10-6-9(11(15)18)7-17(10)3/h6-7H,4-5,8H2,1-3H3,(H2,15,18)(H,16,19)(H,20,21). The molecular formula is C14H21N3O4. The van der Waals surface area contributed by atoms with Gasteiger partial charge in [-0.25, -0.2) is 0 Å². The lowest BCUT2D eigenvalue weighted by atomic mass is 9.82. The fourth-order valence-corrected chi connectivity index (χ4v) is 2.14. The molecule has 0 aliphatic rings. The molecule has 21 heavy (non-hydrogen) atoms. The molecule has 7 heteroatoms. The number of carbonyl (C=O) groups excluding carboxylic acids is 2. The van der Waals surface area contributed by atoms with E-state index in [1.54, 1.807) is 20.9 Å². The molecule has 0 saturated carbocycles. The van der Waals surface area contributed by atoms with Crippen molar-refractivity contribution >= 4 is 17.8 Å². The maximum atomic E-state index is 12.1. The van der Waals surface area contributed by atoms with Crippen molar-refractivity contribution in [3.8, 4) is 0 Å². The minimum Gasteiger partial charge on any atom is -0.481 e. The molecule has 4 N–H and O–H groups in total. The second kappa shape index (κ2) is 6.43. The van der Waals surface area contributed by atoms with Crippen LogP contribution in [0.15, 0.2) is 12.3 Å².